The smallest absolute Gasteiger partial charge is 0.329 e. The van der Waals surface area contributed by atoms with Gasteiger partial charge in [-0.1, -0.05) is 42.0 Å². The molecule has 0 aliphatic carbocycles. The highest BCUT2D eigenvalue weighted by Gasteiger charge is 2.14. The number of aromatic nitrogens is 2. The molecule has 3 N–H and O–H groups in total. The first-order valence-electron chi connectivity index (χ1n) is 8.31. The van der Waals surface area contributed by atoms with Crippen LogP contribution in [-0.2, 0) is 9.59 Å². The number of amides is 2. The average molecular weight is 361 g/mol. The van der Waals surface area contributed by atoms with Crippen LogP contribution in [0.1, 0.15) is 16.7 Å². The molecule has 2 amide bonds. The van der Waals surface area contributed by atoms with Crippen molar-refractivity contribution in [1.82, 2.24) is 15.2 Å². The molecule has 0 aliphatic rings. The van der Waals surface area contributed by atoms with Gasteiger partial charge >= 0.3 is 11.8 Å². The number of primary amides is 1. The number of nitrogens with two attached hydrogens (primary N) is 1. The predicted octanol–water partition coefficient (Wildman–Crippen LogP) is 2.09. The van der Waals surface area contributed by atoms with Crippen LogP contribution < -0.4 is 11.2 Å². The molecule has 0 radical (unpaired) electrons. The van der Waals surface area contributed by atoms with E-state index < -0.39 is 11.8 Å². The van der Waals surface area contributed by atoms with Crippen molar-refractivity contribution < 1.29 is 9.59 Å². The largest absolute Gasteiger partial charge is 0.361 e. The Morgan fingerprint density at radius 1 is 1.15 bits per heavy atom. The van der Waals surface area contributed by atoms with E-state index >= 15 is 0 Å². The van der Waals surface area contributed by atoms with E-state index in [0.717, 1.165) is 22.4 Å². The molecule has 7 nitrogen and oxygen atoms in total. The van der Waals surface area contributed by atoms with Gasteiger partial charge in [-0.2, -0.15) is 10.2 Å². The van der Waals surface area contributed by atoms with Gasteiger partial charge in [0.05, 0.1) is 11.9 Å². The third-order valence-corrected chi connectivity index (χ3v) is 3.99. The SMILES string of the molecule is Cc1ccc(-c2nn(-c3ccccc3)cc2/C=N\NC(=O)C(N)=O)c(C)c1. The fourth-order valence-corrected chi connectivity index (χ4v) is 2.70. The molecule has 0 fully saturated rings. The summed E-state index contributed by atoms with van der Waals surface area (Å²) in [6, 6.07) is 15.8. The number of nitrogens with one attached hydrogen (secondary N) is 1. The molecule has 0 atom stereocenters. The fraction of sp³-hybridized carbons (Fsp3) is 0.100. The van der Waals surface area contributed by atoms with Crippen molar-refractivity contribution >= 4 is 18.0 Å². The monoisotopic (exact) mass is 361 g/mol. The van der Waals surface area contributed by atoms with Crippen LogP contribution in [0.3, 0.4) is 0 Å². The van der Waals surface area contributed by atoms with Gasteiger partial charge in [-0.25, -0.2) is 10.1 Å². The normalized spacial score (nSPS) is 10.9. The quantitative estimate of drug-likeness (QED) is 0.422. The van der Waals surface area contributed by atoms with Gasteiger partial charge in [0.15, 0.2) is 0 Å². The first-order chi connectivity index (χ1) is 13.0. The number of benzene rings is 2. The summed E-state index contributed by atoms with van der Waals surface area (Å²) in [7, 11) is 0. The summed E-state index contributed by atoms with van der Waals surface area (Å²) in [5.41, 5.74) is 12.5. The van der Waals surface area contributed by atoms with Crippen LogP contribution in [0.25, 0.3) is 16.9 Å². The molecule has 136 valence electrons. The highest BCUT2D eigenvalue weighted by Crippen LogP contribution is 2.26. The molecular formula is C20H19N5O2. The van der Waals surface area contributed by atoms with Crippen molar-refractivity contribution in [2.45, 2.75) is 13.8 Å². The number of carbonyl (C=O) groups excluding carboxylic acids is 2. The van der Waals surface area contributed by atoms with Crippen LogP contribution in [0.4, 0.5) is 0 Å². The van der Waals surface area contributed by atoms with Crippen LogP contribution in [0.2, 0.25) is 0 Å². The Morgan fingerprint density at radius 3 is 2.56 bits per heavy atom. The molecule has 2 aromatic carbocycles. The Balaban J connectivity index is 2.04. The second-order valence-corrected chi connectivity index (χ2v) is 6.09. The Kier molecular flexibility index (Phi) is 5.12. The molecule has 27 heavy (non-hydrogen) atoms. The standard InChI is InChI=1S/C20H19N5O2/c1-13-8-9-17(14(2)10-13)18-15(11-22-23-20(27)19(21)26)12-25(24-18)16-6-4-3-5-7-16/h3-12H,1-2H3,(H2,21,26)(H,23,27)/b22-11-. The summed E-state index contributed by atoms with van der Waals surface area (Å²) in [6.45, 7) is 4.04. The van der Waals surface area contributed by atoms with Gasteiger partial charge in [-0.15, -0.1) is 0 Å². The highest BCUT2D eigenvalue weighted by atomic mass is 16.2. The van der Waals surface area contributed by atoms with E-state index in [2.05, 4.69) is 16.6 Å². The van der Waals surface area contributed by atoms with Gasteiger partial charge in [0, 0.05) is 17.3 Å². The maximum atomic E-state index is 11.3. The molecule has 0 aliphatic heterocycles. The second kappa shape index (κ2) is 7.65. The van der Waals surface area contributed by atoms with Crippen molar-refractivity contribution in [2.75, 3.05) is 0 Å². The van der Waals surface area contributed by atoms with Crippen LogP contribution in [-0.4, -0.2) is 27.8 Å². The number of para-hydroxylation sites is 1. The third kappa shape index (κ3) is 4.09. The lowest BCUT2D eigenvalue weighted by Crippen LogP contribution is -2.32. The lowest BCUT2D eigenvalue weighted by atomic mass is 10.0. The predicted molar refractivity (Wildman–Crippen MR) is 103 cm³/mol. The van der Waals surface area contributed by atoms with Gasteiger partial charge < -0.3 is 5.73 Å². The van der Waals surface area contributed by atoms with Gasteiger partial charge in [0.25, 0.3) is 0 Å². The van der Waals surface area contributed by atoms with Crippen molar-refractivity contribution in [1.29, 1.82) is 0 Å². The summed E-state index contributed by atoms with van der Waals surface area (Å²) in [5, 5.41) is 8.52. The average Bonchev–Trinajstić information content (AvgIpc) is 3.06. The third-order valence-electron chi connectivity index (χ3n) is 3.99. The molecule has 1 heterocycles. The van der Waals surface area contributed by atoms with Gasteiger partial charge in [-0.05, 0) is 31.5 Å². The maximum absolute atomic E-state index is 11.3. The molecule has 0 unspecified atom stereocenters. The number of hydrogen-bond acceptors (Lipinski definition) is 4. The topological polar surface area (TPSA) is 102 Å². The van der Waals surface area contributed by atoms with Gasteiger partial charge in [0.2, 0.25) is 0 Å². The van der Waals surface area contributed by atoms with Crippen LogP contribution in [0.15, 0.2) is 59.8 Å². The van der Waals surface area contributed by atoms with Crippen molar-refractivity contribution in [3.63, 3.8) is 0 Å². The molecule has 1 aromatic heterocycles. The van der Waals surface area contributed by atoms with Gasteiger partial charge in [-0.3, -0.25) is 9.59 Å². The van der Waals surface area contributed by atoms with Crippen molar-refractivity contribution in [3.8, 4) is 16.9 Å². The van der Waals surface area contributed by atoms with E-state index in [1.54, 1.807) is 4.68 Å². The summed E-state index contributed by atoms with van der Waals surface area (Å²) < 4.78 is 1.74. The highest BCUT2D eigenvalue weighted by molar-refractivity contribution is 6.34. The summed E-state index contributed by atoms with van der Waals surface area (Å²) in [6.07, 6.45) is 3.26. The number of rotatable bonds is 4. The summed E-state index contributed by atoms with van der Waals surface area (Å²) >= 11 is 0. The number of hydrogen-bond donors (Lipinski definition) is 2. The zero-order valence-corrected chi connectivity index (χ0v) is 15.0. The summed E-state index contributed by atoms with van der Waals surface area (Å²) in [4.78, 5) is 22.1. The van der Waals surface area contributed by atoms with E-state index in [4.69, 9.17) is 10.8 Å². The maximum Gasteiger partial charge on any atom is 0.329 e. The Hall–Kier alpha value is -3.74. The summed E-state index contributed by atoms with van der Waals surface area (Å²) in [5.74, 6) is -2.07. The number of carbonyl (C=O) groups is 2. The van der Waals surface area contributed by atoms with Crippen LogP contribution in [0.5, 0.6) is 0 Å². The minimum absolute atomic E-state index is 0.690. The molecular weight excluding hydrogens is 342 g/mol. The molecule has 0 saturated carbocycles. The number of nitrogens with zero attached hydrogens (tertiary/aromatic N) is 3. The van der Waals surface area contributed by atoms with Crippen LogP contribution in [0, 0.1) is 13.8 Å². The molecule has 0 saturated heterocycles. The Bertz CT molecular complexity index is 1020. The molecule has 0 spiro atoms. The van der Waals surface area contributed by atoms with E-state index in [-0.39, 0.29) is 0 Å². The van der Waals surface area contributed by atoms with Crippen molar-refractivity contribution in [3.05, 3.63) is 71.4 Å². The molecule has 0 bridgehead atoms. The first-order valence-corrected chi connectivity index (χ1v) is 8.31. The zero-order valence-electron chi connectivity index (χ0n) is 15.0. The van der Waals surface area contributed by atoms with E-state index in [1.165, 1.54) is 6.21 Å². The molecule has 3 aromatic rings. The molecule has 3 rings (SSSR count). The minimum atomic E-state index is -1.10. The Morgan fingerprint density at radius 2 is 1.89 bits per heavy atom. The molecule has 7 heteroatoms. The van der Waals surface area contributed by atoms with E-state index in [0.29, 0.717) is 11.3 Å². The van der Waals surface area contributed by atoms with Crippen LogP contribution >= 0.6 is 0 Å². The van der Waals surface area contributed by atoms with Gasteiger partial charge in [0.1, 0.15) is 5.69 Å². The fourth-order valence-electron chi connectivity index (χ4n) is 2.70. The lowest BCUT2D eigenvalue weighted by Gasteiger charge is -2.05. The van der Waals surface area contributed by atoms with E-state index in [1.807, 2.05) is 62.5 Å². The number of hydrazone groups is 1. The Labute approximate surface area is 156 Å². The second-order valence-electron chi connectivity index (χ2n) is 6.09. The lowest BCUT2D eigenvalue weighted by molar-refractivity contribution is -0.137. The van der Waals surface area contributed by atoms with E-state index in [9.17, 15) is 9.59 Å². The van der Waals surface area contributed by atoms with Crippen molar-refractivity contribution in [2.24, 2.45) is 10.8 Å². The number of aryl methyl sites for hydroxylation is 2. The first kappa shape index (κ1) is 18.1. The zero-order chi connectivity index (χ0) is 19.4. The minimum Gasteiger partial charge on any atom is -0.361 e.